The molecule has 2 rings (SSSR count). The van der Waals surface area contributed by atoms with Crippen LogP contribution in [0.4, 0.5) is 0 Å². The molecule has 4 nitrogen and oxygen atoms in total. The highest BCUT2D eigenvalue weighted by atomic mass is 16.5. The van der Waals surface area contributed by atoms with Crippen LogP contribution in [0, 0.1) is 0 Å². The van der Waals surface area contributed by atoms with Crippen LogP contribution in [0.25, 0.3) is 0 Å². The van der Waals surface area contributed by atoms with E-state index in [9.17, 15) is 4.79 Å². The summed E-state index contributed by atoms with van der Waals surface area (Å²) in [4.78, 5) is 12.0. The van der Waals surface area contributed by atoms with Gasteiger partial charge in [-0.25, -0.2) is 0 Å². The van der Waals surface area contributed by atoms with Gasteiger partial charge < -0.3 is 15.4 Å². The molecular weight excluding hydrogens is 264 g/mol. The minimum Gasteiger partial charge on any atom is -0.487 e. The maximum absolute atomic E-state index is 12.0. The standard InChI is InChI=1S/C17H26N2O2/c1-16(2,3)19-15(20)11-18-13-10-17(4,5)21-14-9-7-6-8-12(13)14/h6-9,13,18H,10-11H2,1-5H3,(H,19,20). The number of hydrogen-bond donors (Lipinski definition) is 2. The third kappa shape index (κ3) is 4.46. The van der Waals surface area contributed by atoms with E-state index in [-0.39, 0.29) is 23.1 Å². The fraction of sp³-hybridized carbons (Fsp3) is 0.588. The molecule has 1 aromatic carbocycles. The summed E-state index contributed by atoms with van der Waals surface area (Å²) in [6.07, 6.45) is 0.840. The Bertz CT molecular complexity index is 518. The first-order valence-corrected chi connectivity index (χ1v) is 7.49. The van der Waals surface area contributed by atoms with Gasteiger partial charge in [0.25, 0.3) is 0 Å². The number of benzene rings is 1. The molecule has 1 aromatic rings. The third-order valence-corrected chi connectivity index (χ3v) is 3.40. The summed E-state index contributed by atoms with van der Waals surface area (Å²) in [5.41, 5.74) is 0.693. The van der Waals surface area contributed by atoms with Crippen LogP contribution in [0.2, 0.25) is 0 Å². The summed E-state index contributed by atoms with van der Waals surface area (Å²) in [6, 6.07) is 8.16. The van der Waals surface area contributed by atoms with Gasteiger partial charge in [-0.3, -0.25) is 4.79 Å². The second-order valence-electron chi connectivity index (χ2n) is 7.34. The third-order valence-electron chi connectivity index (χ3n) is 3.40. The van der Waals surface area contributed by atoms with Crippen LogP contribution in [0.15, 0.2) is 24.3 Å². The van der Waals surface area contributed by atoms with E-state index in [4.69, 9.17) is 4.74 Å². The summed E-state index contributed by atoms with van der Waals surface area (Å²) in [5.74, 6) is 0.923. The minimum absolute atomic E-state index is 0.0179. The first-order valence-electron chi connectivity index (χ1n) is 7.49. The van der Waals surface area contributed by atoms with Crippen molar-refractivity contribution in [3.8, 4) is 5.75 Å². The zero-order valence-corrected chi connectivity index (χ0v) is 13.6. The summed E-state index contributed by atoms with van der Waals surface area (Å²) >= 11 is 0. The highest BCUT2D eigenvalue weighted by molar-refractivity contribution is 5.78. The number of hydrogen-bond acceptors (Lipinski definition) is 3. The smallest absolute Gasteiger partial charge is 0.234 e. The quantitative estimate of drug-likeness (QED) is 0.900. The number of carbonyl (C=O) groups is 1. The molecule has 0 saturated carbocycles. The molecule has 1 heterocycles. The molecule has 1 aliphatic rings. The van der Waals surface area contributed by atoms with Crippen molar-refractivity contribution in [3.63, 3.8) is 0 Å². The second-order valence-corrected chi connectivity index (χ2v) is 7.34. The Morgan fingerprint density at radius 2 is 2.00 bits per heavy atom. The van der Waals surface area contributed by atoms with Gasteiger partial charge in [-0.1, -0.05) is 18.2 Å². The Morgan fingerprint density at radius 1 is 1.33 bits per heavy atom. The number of nitrogens with one attached hydrogen (secondary N) is 2. The molecule has 0 bridgehead atoms. The van der Waals surface area contributed by atoms with E-state index >= 15 is 0 Å². The van der Waals surface area contributed by atoms with E-state index in [1.807, 2.05) is 39.0 Å². The molecule has 1 unspecified atom stereocenters. The lowest BCUT2D eigenvalue weighted by atomic mass is 9.89. The average molecular weight is 290 g/mol. The zero-order valence-electron chi connectivity index (χ0n) is 13.6. The van der Waals surface area contributed by atoms with E-state index in [2.05, 4.69) is 30.5 Å². The van der Waals surface area contributed by atoms with E-state index in [0.717, 1.165) is 17.7 Å². The molecule has 116 valence electrons. The molecule has 21 heavy (non-hydrogen) atoms. The van der Waals surface area contributed by atoms with Crippen LogP contribution in [0.5, 0.6) is 5.75 Å². The van der Waals surface area contributed by atoms with E-state index in [0.29, 0.717) is 6.54 Å². The molecule has 4 heteroatoms. The Kier molecular flexibility index (Phi) is 4.28. The van der Waals surface area contributed by atoms with Gasteiger partial charge in [-0.05, 0) is 40.7 Å². The van der Waals surface area contributed by atoms with Gasteiger partial charge in [0.2, 0.25) is 5.91 Å². The van der Waals surface area contributed by atoms with Gasteiger partial charge in [0.05, 0.1) is 6.54 Å². The maximum atomic E-state index is 12.0. The lowest BCUT2D eigenvalue weighted by Crippen LogP contribution is -2.47. The largest absolute Gasteiger partial charge is 0.487 e. The number of fused-ring (bicyclic) bond motifs is 1. The van der Waals surface area contributed by atoms with Crippen LogP contribution >= 0.6 is 0 Å². The van der Waals surface area contributed by atoms with Crippen molar-refractivity contribution in [3.05, 3.63) is 29.8 Å². The molecule has 0 fully saturated rings. The molecule has 0 spiro atoms. The van der Waals surface area contributed by atoms with Crippen LogP contribution in [0.1, 0.15) is 52.6 Å². The van der Waals surface area contributed by atoms with Crippen molar-refractivity contribution in [2.45, 2.75) is 58.2 Å². The molecule has 0 radical (unpaired) electrons. The summed E-state index contributed by atoms with van der Waals surface area (Å²) in [5, 5.41) is 6.33. The monoisotopic (exact) mass is 290 g/mol. The SMILES string of the molecule is CC(C)(C)NC(=O)CNC1CC(C)(C)Oc2ccccc21. The topological polar surface area (TPSA) is 50.4 Å². The Balaban J connectivity index is 2.05. The normalized spacial score (nSPS) is 20.3. The Labute approximate surface area is 127 Å². The zero-order chi connectivity index (χ0) is 15.7. The lowest BCUT2D eigenvalue weighted by molar-refractivity contribution is -0.121. The molecule has 0 saturated heterocycles. The van der Waals surface area contributed by atoms with E-state index < -0.39 is 0 Å². The molecule has 2 N–H and O–H groups in total. The van der Waals surface area contributed by atoms with Crippen LogP contribution < -0.4 is 15.4 Å². The number of rotatable bonds is 3. The summed E-state index contributed by atoms with van der Waals surface area (Å²) in [7, 11) is 0. The number of ether oxygens (including phenoxy) is 1. The van der Waals surface area contributed by atoms with Crippen molar-refractivity contribution in [2.75, 3.05) is 6.54 Å². The summed E-state index contributed by atoms with van der Waals surface area (Å²) < 4.78 is 6.00. The first kappa shape index (κ1) is 15.8. The van der Waals surface area contributed by atoms with Gasteiger partial charge in [-0.2, -0.15) is 0 Å². The molecule has 1 amide bonds. The molecule has 1 aliphatic heterocycles. The van der Waals surface area contributed by atoms with E-state index in [1.54, 1.807) is 0 Å². The number of carbonyl (C=O) groups excluding carboxylic acids is 1. The molecular formula is C17H26N2O2. The number of amides is 1. The van der Waals surface area contributed by atoms with Gasteiger partial charge in [0.15, 0.2) is 0 Å². The molecule has 1 atom stereocenters. The van der Waals surface area contributed by atoms with Gasteiger partial charge in [-0.15, -0.1) is 0 Å². The predicted molar refractivity (Wildman–Crippen MR) is 84.4 cm³/mol. The van der Waals surface area contributed by atoms with Crippen molar-refractivity contribution < 1.29 is 9.53 Å². The van der Waals surface area contributed by atoms with Crippen molar-refractivity contribution in [1.29, 1.82) is 0 Å². The fourth-order valence-corrected chi connectivity index (χ4v) is 2.66. The van der Waals surface area contributed by atoms with Crippen LogP contribution in [-0.4, -0.2) is 23.6 Å². The Hall–Kier alpha value is -1.55. The average Bonchev–Trinajstić information content (AvgIpc) is 2.32. The van der Waals surface area contributed by atoms with Gasteiger partial charge >= 0.3 is 0 Å². The Morgan fingerprint density at radius 3 is 2.67 bits per heavy atom. The summed E-state index contributed by atoms with van der Waals surface area (Å²) in [6.45, 7) is 10.4. The highest BCUT2D eigenvalue weighted by Gasteiger charge is 2.33. The van der Waals surface area contributed by atoms with Gasteiger partial charge in [0, 0.05) is 23.6 Å². The van der Waals surface area contributed by atoms with E-state index in [1.165, 1.54) is 0 Å². The lowest BCUT2D eigenvalue weighted by Gasteiger charge is -2.38. The first-order chi connectivity index (χ1) is 9.66. The molecule has 0 aliphatic carbocycles. The van der Waals surface area contributed by atoms with Crippen molar-refractivity contribution in [1.82, 2.24) is 10.6 Å². The number of para-hydroxylation sites is 1. The second kappa shape index (κ2) is 5.68. The highest BCUT2D eigenvalue weighted by Crippen LogP contribution is 2.38. The maximum Gasteiger partial charge on any atom is 0.234 e. The van der Waals surface area contributed by atoms with Crippen LogP contribution in [0.3, 0.4) is 0 Å². The van der Waals surface area contributed by atoms with Crippen molar-refractivity contribution >= 4 is 5.91 Å². The minimum atomic E-state index is -0.230. The van der Waals surface area contributed by atoms with Crippen molar-refractivity contribution in [2.24, 2.45) is 0 Å². The predicted octanol–water partition coefficient (Wildman–Crippen LogP) is 2.79. The van der Waals surface area contributed by atoms with Crippen LogP contribution in [-0.2, 0) is 4.79 Å². The van der Waals surface area contributed by atoms with Gasteiger partial charge in [0.1, 0.15) is 11.4 Å². The molecule has 0 aromatic heterocycles. The fourth-order valence-electron chi connectivity index (χ4n) is 2.66.